The van der Waals surface area contributed by atoms with Crippen LogP contribution in [0.1, 0.15) is 19.4 Å². The molecule has 5 heteroatoms. The van der Waals surface area contributed by atoms with Crippen molar-refractivity contribution in [1.29, 1.82) is 0 Å². The van der Waals surface area contributed by atoms with Gasteiger partial charge >= 0.3 is 0 Å². The fourth-order valence-corrected chi connectivity index (χ4v) is 2.12. The minimum absolute atomic E-state index is 0.256. The third-order valence-electron chi connectivity index (χ3n) is 3.60. The number of carbonyl (C=O) groups is 1. The molecule has 4 nitrogen and oxygen atoms in total. The molecule has 2 N–H and O–H groups in total. The van der Waals surface area contributed by atoms with Crippen molar-refractivity contribution in [3.8, 4) is 11.3 Å². The van der Waals surface area contributed by atoms with Crippen molar-refractivity contribution in [2.45, 2.75) is 19.9 Å². The number of rotatable bonds is 5. The van der Waals surface area contributed by atoms with E-state index in [0.717, 1.165) is 22.5 Å². The molecule has 0 atom stereocenters. The SMILES string of the molecule is CC(C)N(C)c1cc(/C=C/C(N)=O)cnc1-c1ccc(F)cc1. The molecular formula is C18H20FN3O. The standard InChI is InChI=1S/C18H20FN3O/c1-12(2)22(3)16-10-13(4-9-17(20)23)11-21-18(16)14-5-7-15(19)8-6-14/h4-12H,1-3H3,(H2,20,23)/b9-4+. The van der Waals surface area contributed by atoms with E-state index in [4.69, 9.17) is 5.73 Å². The molecule has 1 amide bonds. The number of amides is 1. The predicted octanol–water partition coefficient (Wildman–Crippen LogP) is 3.23. The summed E-state index contributed by atoms with van der Waals surface area (Å²) in [7, 11) is 1.97. The van der Waals surface area contributed by atoms with Gasteiger partial charge in [-0.2, -0.15) is 0 Å². The van der Waals surface area contributed by atoms with Gasteiger partial charge < -0.3 is 10.6 Å². The number of halogens is 1. The first-order valence-electron chi connectivity index (χ1n) is 7.35. The molecule has 1 aromatic carbocycles. The zero-order valence-corrected chi connectivity index (χ0v) is 13.5. The second-order valence-electron chi connectivity index (χ2n) is 5.58. The molecule has 1 heterocycles. The van der Waals surface area contributed by atoms with Gasteiger partial charge in [0.2, 0.25) is 5.91 Å². The van der Waals surface area contributed by atoms with Crippen LogP contribution in [0.15, 0.2) is 42.6 Å². The Morgan fingerprint density at radius 2 is 1.96 bits per heavy atom. The van der Waals surface area contributed by atoms with Crippen LogP contribution in [-0.4, -0.2) is 24.0 Å². The van der Waals surface area contributed by atoms with E-state index in [1.165, 1.54) is 18.2 Å². The Kier molecular flexibility index (Phi) is 5.11. The van der Waals surface area contributed by atoms with Crippen LogP contribution in [0.2, 0.25) is 0 Å². The molecule has 0 spiro atoms. The maximum atomic E-state index is 13.1. The van der Waals surface area contributed by atoms with Gasteiger partial charge in [0, 0.05) is 30.9 Å². The first-order chi connectivity index (χ1) is 10.9. The summed E-state index contributed by atoms with van der Waals surface area (Å²) >= 11 is 0. The van der Waals surface area contributed by atoms with E-state index in [-0.39, 0.29) is 11.9 Å². The molecule has 0 bridgehead atoms. The van der Waals surface area contributed by atoms with Gasteiger partial charge in [0.05, 0.1) is 11.4 Å². The maximum Gasteiger partial charge on any atom is 0.241 e. The van der Waals surface area contributed by atoms with Gasteiger partial charge in [0.1, 0.15) is 5.82 Å². The molecule has 0 unspecified atom stereocenters. The minimum atomic E-state index is -0.508. The number of hydrogen-bond donors (Lipinski definition) is 1. The first-order valence-corrected chi connectivity index (χ1v) is 7.35. The van der Waals surface area contributed by atoms with Crippen molar-refractivity contribution in [1.82, 2.24) is 4.98 Å². The molecule has 0 aliphatic rings. The van der Waals surface area contributed by atoms with Crippen LogP contribution >= 0.6 is 0 Å². The molecule has 2 rings (SSSR count). The Labute approximate surface area is 135 Å². The van der Waals surface area contributed by atoms with Crippen LogP contribution < -0.4 is 10.6 Å². The average Bonchev–Trinajstić information content (AvgIpc) is 2.52. The van der Waals surface area contributed by atoms with Crippen LogP contribution in [0.4, 0.5) is 10.1 Å². The van der Waals surface area contributed by atoms with Gasteiger partial charge in [-0.1, -0.05) is 0 Å². The number of aromatic nitrogens is 1. The smallest absolute Gasteiger partial charge is 0.241 e. The monoisotopic (exact) mass is 313 g/mol. The highest BCUT2D eigenvalue weighted by Crippen LogP contribution is 2.30. The Balaban J connectivity index is 2.52. The summed E-state index contributed by atoms with van der Waals surface area (Å²) in [6, 6.07) is 8.42. The number of primary amides is 1. The zero-order valence-electron chi connectivity index (χ0n) is 13.5. The normalized spacial score (nSPS) is 11.2. The zero-order chi connectivity index (χ0) is 17.0. The van der Waals surface area contributed by atoms with E-state index in [1.807, 2.05) is 13.1 Å². The molecule has 1 aromatic heterocycles. The Bertz CT molecular complexity index is 724. The topological polar surface area (TPSA) is 59.2 Å². The quantitative estimate of drug-likeness (QED) is 0.862. The molecule has 0 aliphatic heterocycles. The van der Waals surface area contributed by atoms with E-state index in [1.54, 1.807) is 24.4 Å². The fourth-order valence-electron chi connectivity index (χ4n) is 2.12. The van der Waals surface area contributed by atoms with Gasteiger partial charge in [0.15, 0.2) is 0 Å². The van der Waals surface area contributed by atoms with Crippen molar-refractivity contribution in [2.24, 2.45) is 5.73 Å². The summed E-state index contributed by atoms with van der Waals surface area (Å²) in [5.41, 5.74) is 8.40. The van der Waals surface area contributed by atoms with Crippen molar-refractivity contribution >= 4 is 17.7 Å². The van der Waals surface area contributed by atoms with Crippen molar-refractivity contribution in [3.63, 3.8) is 0 Å². The van der Waals surface area contributed by atoms with Gasteiger partial charge in [-0.05, 0) is 55.8 Å². The molecule has 0 fully saturated rings. The Morgan fingerprint density at radius 3 is 2.52 bits per heavy atom. The molecule has 120 valence electrons. The van der Waals surface area contributed by atoms with Crippen LogP contribution in [0.25, 0.3) is 17.3 Å². The summed E-state index contributed by atoms with van der Waals surface area (Å²) in [4.78, 5) is 17.5. The van der Waals surface area contributed by atoms with Crippen LogP contribution in [0, 0.1) is 5.82 Å². The summed E-state index contributed by atoms with van der Waals surface area (Å²) in [5, 5.41) is 0. The van der Waals surface area contributed by atoms with Crippen LogP contribution in [0.5, 0.6) is 0 Å². The second-order valence-corrected chi connectivity index (χ2v) is 5.58. The lowest BCUT2D eigenvalue weighted by Gasteiger charge is -2.26. The van der Waals surface area contributed by atoms with Crippen LogP contribution in [-0.2, 0) is 4.79 Å². The average molecular weight is 313 g/mol. The summed E-state index contributed by atoms with van der Waals surface area (Å²) in [6.45, 7) is 4.14. The molecule has 23 heavy (non-hydrogen) atoms. The molecule has 0 radical (unpaired) electrons. The van der Waals surface area contributed by atoms with Crippen molar-refractivity contribution < 1.29 is 9.18 Å². The van der Waals surface area contributed by atoms with Gasteiger partial charge in [0.25, 0.3) is 0 Å². The number of hydrogen-bond acceptors (Lipinski definition) is 3. The predicted molar refractivity (Wildman–Crippen MR) is 91.4 cm³/mol. The van der Waals surface area contributed by atoms with Gasteiger partial charge in [-0.15, -0.1) is 0 Å². The summed E-state index contributed by atoms with van der Waals surface area (Å²) in [6.07, 6.45) is 4.59. The summed E-state index contributed by atoms with van der Waals surface area (Å²) in [5.74, 6) is -0.792. The van der Waals surface area contributed by atoms with Crippen molar-refractivity contribution in [2.75, 3.05) is 11.9 Å². The largest absolute Gasteiger partial charge is 0.370 e. The molecular weight excluding hydrogens is 293 g/mol. The lowest BCUT2D eigenvalue weighted by atomic mass is 10.1. The van der Waals surface area contributed by atoms with Crippen molar-refractivity contribution in [3.05, 3.63) is 54.0 Å². The molecule has 0 aliphatic carbocycles. The number of carbonyl (C=O) groups excluding carboxylic acids is 1. The number of anilines is 1. The maximum absolute atomic E-state index is 13.1. The number of nitrogens with zero attached hydrogens (tertiary/aromatic N) is 2. The second kappa shape index (κ2) is 7.05. The van der Waals surface area contributed by atoms with Gasteiger partial charge in [-0.25, -0.2) is 4.39 Å². The highest BCUT2D eigenvalue weighted by Gasteiger charge is 2.14. The number of pyridine rings is 1. The number of nitrogens with two attached hydrogens (primary N) is 1. The van der Waals surface area contributed by atoms with Gasteiger partial charge in [-0.3, -0.25) is 9.78 Å². The molecule has 0 saturated carbocycles. The van der Waals surface area contributed by atoms with E-state index in [2.05, 4.69) is 23.7 Å². The fraction of sp³-hybridized carbons (Fsp3) is 0.222. The van der Waals surface area contributed by atoms with E-state index in [0.29, 0.717) is 0 Å². The minimum Gasteiger partial charge on any atom is -0.370 e. The molecule has 0 saturated heterocycles. The Hall–Kier alpha value is -2.69. The Morgan fingerprint density at radius 1 is 1.30 bits per heavy atom. The third-order valence-corrected chi connectivity index (χ3v) is 3.60. The van der Waals surface area contributed by atoms with E-state index in [9.17, 15) is 9.18 Å². The lowest BCUT2D eigenvalue weighted by molar-refractivity contribution is -0.113. The summed E-state index contributed by atoms with van der Waals surface area (Å²) < 4.78 is 13.1. The molecule has 2 aromatic rings. The number of benzene rings is 1. The third kappa shape index (κ3) is 4.16. The lowest BCUT2D eigenvalue weighted by Crippen LogP contribution is -2.26. The van der Waals surface area contributed by atoms with E-state index >= 15 is 0 Å². The highest BCUT2D eigenvalue weighted by molar-refractivity contribution is 5.90. The van der Waals surface area contributed by atoms with E-state index < -0.39 is 5.91 Å². The first kappa shape index (κ1) is 16.7. The van der Waals surface area contributed by atoms with Crippen LogP contribution in [0.3, 0.4) is 0 Å². The highest BCUT2D eigenvalue weighted by atomic mass is 19.1.